The minimum atomic E-state index is -0.124. The van der Waals surface area contributed by atoms with Crippen LogP contribution in [-0.4, -0.2) is 39.0 Å². The molecule has 130 valence electrons. The standard InChI is InChI=1S/C17H19N5O3/c1-24-8-6-21-5-4-18-16(21)13-9-15(23)20-17-14(13)10-19-22(17)11-12-3-2-7-25-12/h2-5,7,10,13H,6,8-9,11H2,1H3,(H,20,23)/t13-/m0/s1. The number of nitrogens with one attached hydrogen (secondary N) is 1. The van der Waals surface area contributed by atoms with Gasteiger partial charge in [0.1, 0.15) is 23.9 Å². The van der Waals surface area contributed by atoms with Gasteiger partial charge >= 0.3 is 0 Å². The number of aromatic nitrogens is 4. The Kier molecular flexibility index (Phi) is 4.10. The number of hydrogen-bond donors (Lipinski definition) is 1. The van der Waals surface area contributed by atoms with Crippen LogP contribution in [0.2, 0.25) is 0 Å². The number of furan rings is 1. The van der Waals surface area contributed by atoms with Gasteiger partial charge in [0.25, 0.3) is 0 Å². The van der Waals surface area contributed by atoms with E-state index in [0.717, 1.165) is 17.1 Å². The highest BCUT2D eigenvalue weighted by atomic mass is 16.5. The summed E-state index contributed by atoms with van der Waals surface area (Å²) >= 11 is 0. The van der Waals surface area contributed by atoms with Crippen molar-refractivity contribution < 1.29 is 13.9 Å². The van der Waals surface area contributed by atoms with Gasteiger partial charge in [-0.05, 0) is 12.1 Å². The molecule has 0 bridgehead atoms. The Labute approximate surface area is 144 Å². The van der Waals surface area contributed by atoms with Crippen molar-refractivity contribution in [2.75, 3.05) is 19.0 Å². The first-order chi connectivity index (χ1) is 12.3. The summed E-state index contributed by atoms with van der Waals surface area (Å²) in [5, 5.41) is 7.37. The SMILES string of the molecule is COCCn1ccnc1[C@H]1CC(=O)Nc2c1cnn2Cc1ccco1. The Bertz CT molecular complexity index is 865. The van der Waals surface area contributed by atoms with Crippen LogP contribution in [0.25, 0.3) is 0 Å². The number of ether oxygens (including phenoxy) is 1. The van der Waals surface area contributed by atoms with Crippen molar-refractivity contribution in [1.82, 2.24) is 19.3 Å². The van der Waals surface area contributed by atoms with E-state index in [2.05, 4.69) is 15.4 Å². The van der Waals surface area contributed by atoms with Crippen LogP contribution in [-0.2, 0) is 22.6 Å². The first-order valence-electron chi connectivity index (χ1n) is 8.14. The maximum absolute atomic E-state index is 12.3. The van der Waals surface area contributed by atoms with E-state index in [9.17, 15) is 4.79 Å². The fourth-order valence-corrected chi connectivity index (χ4v) is 3.18. The molecule has 4 heterocycles. The zero-order valence-corrected chi connectivity index (χ0v) is 13.9. The summed E-state index contributed by atoms with van der Waals surface area (Å²) in [6.07, 6.45) is 7.44. The van der Waals surface area contributed by atoms with Gasteiger partial charge in [-0.25, -0.2) is 9.67 Å². The van der Waals surface area contributed by atoms with E-state index in [4.69, 9.17) is 9.15 Å². The Hall–Kier alpha value is -2.87. The molecule has 1 atom stereocenters. The lowest BCUT2D eigenvalue weighted by molar-refractivity contribution is -0.116. The monoisotopic (exact) mass is 341 g/mol. The normalized spacial score (nSPS) is 16.7. The molecule has 1 aliphatic rings. The summed E-state index contributed by atoms with van der Waals surface area (Å²) in [4.78, 5) is 16.8. The van der Waals surface area contributed by atoms with Crippen LogP contribution in [0.4, 0.5) is 5.82 Å². The predicted octanol–water partition coefficient (Wildman–Crippen LogP) is 1.84. The molecule has 0 saturated heterocycles. The molecule has 0 fully saturated rings. The number of amides is 1. The average molecular weight is 341 g/mol. The molecule has 0 unspecified atom stereocenters. The lowest BCUT2D eigenvalue weighted by Gasteiger charge is -2.23. The first-order valence-corrected chi connectivity index (χ1v) is 8.14. The summed E-state index contributed by atoms with van der Waals surface area (Å²) in [5.41, 5.74) is 0.969. The minimum absolute atomic E-state index is 0.0417. The van der Waals surface area contributed by atoms with E-state index in [-0.39, 0.29) is 11.8 Å². The quantitative estimate of drug-likeness (QED) is 0.739. The lowest BCUT2D eigenvalue weighted by Crippen LogP contribution is -2.26. The summed E-state index contributed by atoms with van der Waals surface area (Å²) in [7, 11) is 1.67. The van der Waals surface area contributed by atoms with Gasteiger partial charge in [-0.15, -0.1) is 0 Å². The maximum Gasteiger partial charge on any atom is 0.226 e. The van der Waals surface area contributed by atoms with Gasteiger partial charge in [0, 0.05) is 38.0 Å². The van der Waals surface area contributed by atoms with Crippen LogP contribution >= 0.6 is 0 Å². The van der Waals surface area contributed by atoms with E-state index in [1.54, 1.807) is 30.4 Å². The zero-order chi connectivity index (χ0) is 17.2. The van der Waals surface area contributed by atoms with Crippen molar-refractivity contribution in [3.8, 4) is 0 Å². The third-order valence-electron chi connectivity index (χ3n) is 4.37. The van der Waals surface area contributed by atoms with E-state index in [1.165, 1.54) is 0 Å². The minimum Gasteiger partial charge on any atom is -0.467 e. The van der Waals surface area contributed by atoms with Gasteiger partial charge in [-0.3, -0.25) is 4.79 Å². The molecule has 25 heavy (non-hydrogen) atoms. The molecule has 1 N–H and O–H groups in total. The fraction of sp³-hybridized carbons (Fsp3) is 0.353. The number of hydrogen-bond acceptors (Lipinski definition) is 5. The highest BCUT2D eigenvalue weighted by molar-refractivity contribution is 5.94. The molecular formula is C17H19N5O3. The molecule has 0 aliphatic carbocycles. The van der Waals surface area contributed by atoms with Crippen LogP contribution in [0.3, 0.4) is 0 Å². The van der Waals surface area contributed by atoms with E-state index >= 15 is 0 Å². The Morgan fingerprint density at radius 1 is 1.48 bits per heavy atom. The largest absolute Gasteiger partial charge is 0.467 e. The van der Waals surface area contributed by atoms with E-state index in [1.807, 2.05) is 22.9 Å². The fourth-order valence-electron chi connectivity index (χ4n) is 3.18. The summed E-state index contributed by atoms with van der Waals surface area (Å²) in [6.45, 7) is 1.75. The number of rotatable bonds is 6. The molecule has 0 radical (unpaired) electrons. The molecule has 1 amide bonds. The van der Waals surface area contributed by atoms with Crippen molar-refractivity contribution in [1.29, 1.82) is 0 Å². The van der Waals surface area contributed by atoms with Gasteiger partial charge in [0.15, 0.2) is 0 Å². The van der Waals surface area contributed by atoms with Crippen LogP contribution in [0.5, 0.6) is 0 Å². The smallest absolute Gasteiger partial charge is 0.226 e. The van der Waals surface area contributed by atoms with Crippen molar-refractivity contribution in [2.45, 2.75) is 25.4 Å². The Morgan fingerprint density at radius 2 is 2.40 bits per heavy atom. The number of anilines is 1. The van der Waals surface area contributed by atoms with Gasteiger partial charge in [0.2, 0.25) is 5.91 Å². The third kappa shape index (κ3) is 2.96. The molecular weight excluding hydrogens is 322 g/mol. The van der Waals surface area contributed by atoms with Crippen molar-refractivity contribution >= 4 is 11.7 Å². The van der Waals surface area contributed by atoms with Crippen molar-refractivity contribution in [2.24, 2.45) is 0 Å². The molecule has 0 aromatic carbocycles. The predicted molar refractivity (Wildman–Crippen MR) is 89.2 cm³/mol. The molecule has 1 aliphatic heterocycles. The van der Waals surface area contributed by atoms with Crippen molar-refractivity contribution in [3.05, 3.63) is 54.1 Å². The topological polar surface area (TPSA) is 87.1 Å². The number of imidazole rings is 1. The highest BCUT2D eigenvalue weighted by Gasteiger charge is 2.32. The maximum atomic E-state index is 12.3. The van der Waals surface area contributed by atoms with E-state index < -0.39 is 0 Å². The van der Waals surface area contributed by atoms with Crippen LogP contribution in [0.15, 0.2) is 41.4 Å². The molecule has 3 aromatic rings. The molecule has 0 spiro atoms. The summed E-state index contributed by atoms with van der Waals surface area (Å²) in [6, 6.07) is 3.72. The lowest BCUT2D eigenvalue weighted by atomic mass is 9.93. The second kappa shape index (κ2) is 6.56. The van der Waals surface area contributed by atoms with Crippen LogP contribution in [0.1, 0.15) is 29.5 Å². The third-order valence-corrected chi connectivity index (χ3v) is 4.37. The zero-order valence-electron chi connectivity index (χ0n) is 13.9. The van der Waals surface area contributed by atoms with Gasteiger partial charge in [-0.2, -0.15) is 5.10 Å². The average Bonchev–Trinajstić information content (AvgIpc) is 3.34. The molecule has 4 rings (SSSR count). The van der Waals surface area contributed by atoms with Gasteiger partial charge in [-0.1, -0.05) is 0 Å². The van der Waals surface area contributed by atoms with Gasteiger partial charge in [0.05, 0.1) is 25.0 Å². The molecule has 8 nitrogen and oxygen atoms in total. The number of carbonyl (C=O) groups is 1. The highest BCUT2D eigenvalue weighted by Crippen LogP contribution is 2.36. The second-order valence-electron chi connectivity index (χ2n) is 5.96. The second-order valence-corrected chi connectivity index (χ2v) is 5.96. The summed E-state index contributed by atoms with van der Waals surface area (Å²) in [5.74, 6) is 2.18. The number of fused-ring (bicyclic) bond motifs is 1. The molecule has 8 heteroatoms. The number of carbonyl (C=O) groups excluding carboxylic acids is 1. The Morgan fingerprint density at radius 3 is 3.20 bits per heavy atom. The molecule has 0 saturated carbocycles. The van der Waals surface area contributed by atoms with E-state index in [0.29, 0.717) is 31.9 Å². The Balaban J connectivity index is 1.67. The van der Waals surface area contributed by atoms with Crippen LogP contribution < -0.4 is 5.32 Å². The van der Waals surface area contributed by atoms with Crippen LogP contribution in [0, 0.1) is 0 Å². The number of methoxy groups -OCH3 is 1. The van der Waals surface area contributed by atoms with Gasteiger partial charge < -0.3 is 19.0 Å². The number of nitrogens with zero attached hydrogens (tertiary/aromatic N) is 4. The first kappa shape index (κ1) is 15.6. The molecule has 3 aromatic heterocycles. The van der Waals surface area contributed by atoms with Crippen molar-refractivity contribution in [3.63, 3.8) is 0 Å². The summed E-state index contributed by atoms with van der Waals surface area (Å²) < 4.78 is 14.3.